The van der Waals surface area contributed by atoms with Gasteiger partial charge < -0.3 is 24.2 Å². The van der Waals surface area contributed by atoms with Gasteiger partial charge in [0.2, 0.25) is 0 Å². The van der Waals surface area contributed by atoms with Crippen LogP contribution < -0.4 is 5.32 Å². The Labute approximate surface area is 145 Å². The van der Waals surface area contributed by atoms with Crippen LogP contribution in [-0.2, 0) is 16.1 Å². The molecule has 1 unspecified atom stereocenters. The third-order valence-electron chi connectivity index (χ3n) is 4.10. The normalized spacial score (nSPS) is 17.6. The first-order valence-electron chi connectivity index (χ1n) is 7.99. The molecule has 1 aliphatic rings. The van der Waals surface area contributed by atoms with Crippen LogP contribution in [0.5, 0.6) is 0 Å². The maximum atomic E-state index is 12.9. The standard InChI is InChI=1S/C16H21N5O4/c1-10-11(9-23-3)13(20-25-10)16(22)21-6-7-24-12(8-21)14-15(17-2)19-5-4-18-14/h4-5,12H,6-9H2,1-3H3,(H,17,19). The van der Waals surface area contributed by atoms with Crippen molar-refractivity contribution >= 4 is 11.7 Å². The third-order valence-corrected chi connectivity index (χ3v) is 4.10. The van der Waals surface area contributed by atoms with E-state index >= 15 is 0 Å². The second-order valence-electron chi connectivity index (χ2n) is 5.65. The smallest absolute Gasteiger partial charge is 0.276 e. The monoisotopic (exact) mass is 347 g/mol. The second kappa shape index (κ2) is 7.58. The van der Waals surface area contributed by atoms with Crippen molar-refractivity contribution < 1.29 is 18.8 Å². The first-order chi connectivity index (χ1) is 12.2. The number of rotatable bonds is 5. The Morgan fingerprint density at radius 1 is 1.44 bits per heavy atom. The summed E-state index contributed by atoms with van der Waals surface area (Å²) in [5, 5.41) is 6.91. The SMILES string of the molecule is CNc1nccnc1C1CN(C(=O)c2noc(C)c2COC)CCO1. The fourth-order valence-corrected chi connectivity index (χ4v) is 2.80. The Morgan fingerprint density at radius 2 is 2.24 bits per heavy atom. The number of anilines is 1. The third kappa shape index (κ3) is 3.47. The zero-order valence-electron chi connectivity index (χ0n) is 14.5. The van der Waals surface area contributed by atoms with E-state index in [4.69, 9.17) is 14.0 Å². The summed E-state index contributed by atoms with van der Waals surface area (Å²) in [5.41, 5.74) is 1.63. The molecule has 1 amide bonds. The Hall–Kier alpha value is -2.52. The number of morpholine rings is 1. The van der Waals surface area contributed by atoms with Crippen LogP contribution in [0.3, 0.4) is 0 Å². The van der Waals surface area contributed by atoms with Gasteiger partial charge in [-0.25, -0.2) is 4.98 Å². The van der Waals surface area contributed by atoms with E-state index in [1.54, 1.807) is 38.4 Å². The highest BCUT2D eigenvalue weighted by molar-refractivity contribution is 5.93. The molecule has 134 valence electrons. The highest BCUT2D eigenvalue weighted by Gasteiger charge is 2.31. The number of hydrogen-bond acceptors (Lipinski definition) is 8. The van der Waals surface area contributed by atoms with Crippen molar-refractivity contribution in [1.29, 1.82) is 0 Å². The lowest BCUT2D eigenvalue weighted by atomic mass is 10.1. The average Bonchev–Trinajstić information content (AvgIpc) is 3.02. The molecule has 1 N–H and O–H groups in total. The Bertz CT molecular complexity index is 748. The quantitative estimate of drug-likeness (QED) is 0.860. The van der Waals surface area contributed by atoms with Gasteiger partial charge in [-0.2, -0.15) is 0 Å². The van der Waals surface area contributed by atoms with Gasteiger partial charge in [0.1, 0.15) is 23.4 Å². The van der Waals surface area contributed by atoms with Crippen molar-refractivity contribution in [1.82, 2.24) is 20.0 Å². The van der Waals surface area contributed by atoms with Gasteiger partial charge in [0.15, 0.2) is 5.69 Å². The van der Waals surface area contributed by atoms with Crippen LogP contribution in [0, 0.1) is 6.92 Å². The maximum Gasteiger partial charge on any atom is 0.276 e. The fraction of sp³-hybridized carbons (Fsp3) is 0.500. The van der Waals surface area contributed by atoms with Gasteiger partial charge >= 0.3 is 0 Å². The summed E-state index contributed by atoms with van der Waals surface area (Å²) in [6, 6.07) is 0. The Balaban J connectivity index is 1.81. The molecule has 0 aliphatic carbocycles. The fourth-order valence-electron chi connectivity index (χ4n) is 2.80. The number of nitrogens with zero attached hydrogens (tertiary/aromatic N) is 4. The number of aryl methyl sites for hydroxylation is 1. The second-order valence-corrected chi connectivity index (χ2v) is 5.65. The molecule has 0 aromatic carbocycles. The summed E-state index contributed by atoms with van der Waals surface area (Å²) in [4.78, 5) is 23.2. The molecule has 1 atom stereocenters. The minimum absolute atomic E-state index is 0.202. The lowest BCUT2D eigenvalue weighted by molar-refractivity contribution is -0.0249. The van der Waals surface area contributed by atoms with E-state index in [1.807, 2.05) is 0 Å². The summed E-state index contributed by atoms with van der Waals surface area (Å²) >= 11 is 0. The topological polar surface area (TPSA) is 103 Å². The molecule has 2 aromatic rings. The molecule has 3 rings (SSSR count). The minimum atomic E-state index is -0.354. The van der Waals surface area contributed by atoms with Gasteiger partial charge in [-0.1, -0.05) is 5.16 Å². The van der Waals surface area contributed by atoms with Crippen LogP contribution in [0.1, 0.15) is 33.6 Å². The molecule has 1 saturated heterocycles. The van der Waals surface area contributed by atoms with Gasteiger partial charge in [0, 0.05) is 33.1 Å². The number of methoxy groups -OCH3 is 1. The molecule has 0 spiro atoms. The van der Waals surface area contributed by atoms with Gasteiger partial charge in [-0.15, -0.1) is 0 Å². The van der Waals surface area contributed by atoms with E-state index in [0.29, 0.717) is 42.5 Å². The molecule has 25 heavy (non-hydrogen) atoms. The molecule has 0 saturated carbocycles. The number of carbonyl (C=O) groups excluding carboxylic acids is 1. The number of hydrogen-bond donors (Lipinski definition) is 1. The summed E-state index contributed by atoms with van der Waals surface area (Å²) < 4.78 is 16.1. The van der Waals surface area contributed by atoms with E-state index in [2.05, 4.69) is 20.4 Å². The first-order valence-corrected chi connectivity index (χ1v) is 7.99. The molecule has 3 heterocycles. The van der Waals surface area contributed by atoms with Crippen molar-refractivity contribution in [2.24, 2.45) is 0 Å². The van der Waals surface area contributed by atoms with E-state index < -0.39 is 0 Å². The number of aromatic nitrogens is 3. The van der Waals surface area contributed by atoms with Crippen LogP contribution in [0.25, 0.3) is 0 Å². The van der Waals surface area contributed by atoms with Crippen LogP contribution in [-0.4, -0.2) is 59.8 Å². The summed E-state index contributed by atoms with van der Waals surface area (Å²) in [5.74, 6) is 1.02. The molecule has 0 bridgehead atoms. The van der Waals surface area contributed by atoms with E-state index in [-0.39, 0.29) is 24.3 Å². The molecule has 1 aliphatic heterocycles. The summed E-state index contributed by atoms with van der Waals surface area (Å²) in [6.07, 6.45) is 2.86. The zero-order chi connectivity index (χ0) is 17.8. The van der Waals surface area contributed by atoms with Crippen LogP contribution in [0.2, 0.25) is 0 Å². The molecule has 2 aromatic heterocycles. The Kier molecular flexibility index (Phi) is 5.25. The van der Waals surface area contributed by atoms with E-state index in [1.165, 1.54) is 0 Å². The number of amides is 1. The number of carbonyl (C=O) groups is 1. The van der Waals surface area contributed by atoms with Gasteiger partial charge in [-0.05, 0) is 6.92 Å². The maximum absolute atomic E-state index is 12.9. The average molecular weight is 347 g/mol. The van der Waals surface area contributed by atoms with Crippen molar-refractivity contribution in [2.45, 2.75) is 19.6 Å². The lowest BCUT2D eigenvalue weighted by Crippen LogP contribution is -2.43. The predicted molar refractivity (Wildman–Crippen MR) is 88.1 cm³/mol. The zero-order valence-corrected chi connectivity index (χ0v) is 14.5. The van der Waals surface area contributed by atoms with Crippen LogP contribution >= 0.6 is 0 Å². The van der Waals surface area contributed by atoms with Crippen LogP contribution in [0.4, 0.5) is 5.82 Å². The molecule has 0 radical (unpaired) electrons. The van der Waals surface area contributed by atoms with E-state index in [0.717, 1.165) is 0 Å². The van der Waals surface area contributed by atoms with Crippen molar-refractivity contribution in [2.75, 3.05) is 39.2 Å². The highest BCUT2D eigenvalue weighted by atomic mass is 16.5. The van der Waals surface area contributed by atoms with E-state index in [9.17, 15) is 4.79 Å². The molecule has 9 heteroatoms. The molecular weight excluding hydrogens is 326 g/mol. The van der Waals surface area contributed by atoms with Gasteiger partial charge in [0.05, 0.1) is 25.3 Å². The van der Waals surface area contributed by atoms with Gasteiger partial charge in [0.25, 0.3) is 5.91 Å². The molecule has 1 fully saturated rings. The van der Waals surface area contributed by atoms with Crippen molar-refractivity contribution in [3.8, 4) is 0 Å². The van der Waals surface area contributed by atoms with Crippen LogP contribution in [0.15, 0.2) is 16.9 Å². The highest BCUT2D eigenvalue weighted by Crippen LogP contribution is 2.26. The van der Waals surface area contributed by atoms with Gasteiger partial charge in [-0.3, -0.25) is 9.78 Å². The Morgan fingerprint density at radius 3 is 3.00 bits per heavy atom. The van der Waals surface area contributed by atoms with Crippen molar-refractivity contribution in [3.63, 3.8) is 0 Å². The molecular formula is C16H21N5O4. The molecule has 9 nitrogen and oxygen atoms in total. The lowest BCUT2D eigenvalue weighted by Gasteiger charge is -2.32. The summed E-state index contributed by atoms with van der Waals surface area (Å²) in [7, 11) is 3.34. The van der Waals surface area contributed by atoms with Crippen molar-refractivity contribution in [3.05, 3.63) is 35.1 Å². The minimum Gasteiger partial charge on any atom is -0.380 e. The number of nitrogens with one attached hydrogen (secondary N) is 1. The first kappa shape index (κ1) is 17.3. The predicted octanol–water partition coefficient (Wildman–Crippen LogP) is 1.17. The number of ether oxygens (including phenoxy) is 2. The summed E-state index contributed by atoms with van der Waals surface area (Å²) in [6.45, 7) is 3.29. The largest absolute Gasteiger partial charge is 0.380 e.